The van der Waals surface area contributed by atoms with E-state index in [0.717, 1.165) is 6.07 Å². The number of methoxy groups -OCH3 is 1. The molecule has 0 bridgehead atoms. The molecule has 0 unspecified atom stereocenters. The molecule has 1 aromatic heterocycles. The third kappa shape index (κ3) is 2.35. The van der Waals surface area contributed by atoms with Gasteiger partial charge >= 0.3 is 0 Å². The van der Waals surface area contributed by atoms with E-state index in [1.54, 1.807) is 0 Å². The molecule has 0 amide bonds. The molecule has 0 spiro atoms. The van der Waals surface area contributed by atoms with E-state index < -0.39 is 22.7 Å². The highest BCUT2D eigenvalue weighted by Crippen LogP contribution is 2.32. The first-order chi connectivity index (χ1) is 7.51. The van der Waals surface area contributed by atoms with Crippen molar-refractivity contribution < 1.29 is 18.4 Å². The number of pyridine rings is 1. The summed E-state index contributed by atoms with van der Waals surface area (Å²) in [7, 11) is 1.25. The minimum atomic E-state index is -3.03. The van der Waals surface area contributed by atoms with E-state index in [4.69, 9.17) is 16.3 Å². The molecule has 0 aromatic carbocycles. The number of hydrogen-bond donors (Lipinski definition) is 0. The lowest BCUT2D eigenvalue weighted by Crippen LogP contribution is -2.04. The van der Waals surface area contributed by atoms with E-state index in [1.807, 2.05) is 0 Å². The largest absolute Gasteiger partial charge is 0.495 e. The second-order valence-electron chi connectivity index (χ2n) is 2.73. The van der Waals surface area contributed by atoms with Crippen LogP contribution in [0.1, 0.15) is 17.8 Å². The van der Waals surface area contributed by atoms with Gasteiger partial charge in [0.1, 0.15) is 5.75 Å². The van der Waals surface area contributed by atoms with Crippen LogP contribution >= 0.6 is 11.6 Å². The number of hydrogen-bond acceptors (Lipinski definition) is 4. The molecule has 8 heteroatoms. The van der Waals surface area contributed by atoms with Crippen LogP contribution in [0.25, 0.3) is 0 Å². The molecule has 0 saturated heterocycles. The highest BCUT2D eigenvalue weighted by atomic mass is 35.5. The topological polar surface area (TPSA) is 65.3 Å². The van der Waals surface area contributed by atoms with Crippen molar-refractivity contribution in [2.75, 3.05) is 7.11 Å². The summed E-state index contributed by atoms with van der Waals surface area (Å²) in [5.74, 6) is -0.146. The lowest BCUT2D eigenvalue weighted by atomic mass is 10.2. The first-order valence-electron chi connectivity index (χ1n) is 4.07. The van der Waals surface area contributed by atoms with Gasteiger partial charge in [-0.25, -0.2) is 13.8 Å². The molecule has 0 aliphatic rings. The normalized spacial score (nSPS) is 10.6. The van der Waals surface area contributed by atoms with Gasteiger partial charge in [0.25, 0.3) is 12.1 Å². The Labute approximate surface area is 94.1 Å². The summed E-state index contributed by atoms with van der Waals surface area (Å²) in [6.07, 6.45) is -3.03. The van der Waals surface area contributed by atoms with Crippen molar-refractivity contribution in [1.29, 1.82) is 0 Å². The Hall–Kier alpha value is -1.50. The molecule has 0 aliphatic carbocycles. The molecule has 0 N–H and O–H groups in total. The van der Waals surface area contributed by atoms with E-state index in [0.29, 0.717) is 0 Å². The second-order valence-corrected chi connectivity index (χ2v) is 3.00. The summed E-state index contributed by atoms with van der Waals surface area (Å²) in [6.45, 7) is 0. The molecule has 5 nitrogen and oxygen atoms in total. The fraction of sp³-hybridized carbons (Fsp3) is 0.375. The molecule has 16 heavy (non-hydrogen) atoms. The van der Waals surface area contributed by atoms with Crippen molar-refractivity contribution in [3.8, 4) is 5.75 Å². The van der Waals surface area contributed by atoms with Gasteiger partial charge in [-0.1, -0.05) is 0 Å². The number of alkyl halides is 3. The first-order valence-corrected chi connectivity index (χ1v) is 4.61. The standard InChI is InChI=1S/C8H7ClF2N2O3/c1-16-6-2-5(13(14)15)7(8(10)11)12-4(6)3-9/h2,8H,3H2,1H3. The summed E-state index contributed by atoms with van der Waals surface area (Å²) in [5.41, 5.74) is -1.63. The van der Waals surface area contributed by atoms with E-state index >= 15 is 0 Å². The quantitative estimate of drug-likeness (QED) is 0.469. The Kier molecular flexibility index (Phi) is 3.94. The first kappa shape index (κ1) is 12.6. The minimum absolute atomic E-state index is 0.0195. The van der Waals surface area contributed by atoms with Crippen molar-refractivity contribution >= 4 is 17.3 Å². The average Bonchev–Trinajstić information content (AvgIpc) is 2.26. The lowest BCUT2D eigenvalue weighted by Gasteiger charge is -2.07. The van der Waals surface area contributed by atoms with Gasteiger partial charge in [0.2, 0.25) is 0 Å². The number of rotatable bonds is 4. The zero-order valence-corrected chi connectivity index (χ0v) is 8.87. The van der Waals surface area contributed by atoms with Crippen molar-refractivity contribution in [2.24, 2.45) is 0 Å². The molecule has 88 valence electrons. The Morgan fingerprint density at radius 3 is 2.69 bits per heavy atom. The molecule has 1 aromatic rings. The molecule has 0 saturated carbocycles. The molecular formula is C8H7ClF2N2O3. The molecule has 1 rings (SSSR count). The van der Waals surface area contributed by atoms with E-state index in [-0.39, 0.29) is 17.3 Å². The molecule has 0 atom stereocenters. The monoisotopic (exact) mass is 252 g/mol. The van der Waals surface area contributed by atoms with Crippen molar-refractivity contribution in [3.05, 3.63) is 27.6 Å². The van der Waals surface area contributed by atoms with E-state index in [2.05, 4.69) is 4.98 Å². The summed E-state index contributed by atoms with van der Waals surface area (Å²) in [5, 5.41) is 10.5. The van der Waals surface area contributed by atoms with Gasteiger partial charge < -0.3 is 4.74 Å². The fourth-order valence-electron chi connectivity index (χ4n) is 1.12. The van der Waals surface area contributed by atoms with Crippen LogP contribution in [0.4, 0.5) is 14.5 Å². The van der Waals surface area contributed by atoms with Crippen molar-refractivity contribution in [1.82, 2.24) is 4.98 Å². The van der Waals surface area contributed by atoms with Crippen LogP contribution in [0.2, 0.25) is 0 Å². The van der Waals surface area contributed by atoms with Gasteiger partial charge in [0.05, 0.1) is 29.7 Å². The summed E-state index contributed by atoms with van der Waals surface area (Å²) in [6, 6.07) is 0.895. The van der Waals surface area contributed by atoms with Crippen LogP contribution in [-0.2, 0) is 5.88 Å². The number of nitro groups is 1. The second kappa shape index (κ2) is 5.02. The Balaban J connectivity index is 3.41. The average molecular weight is 253 g/mol. The van der Waals surface area contributed by atoms with Gasteiger partial charge in [-0.15, -0.1) is 11.6 Å². The molecule has 1 heterocycles. The van der Waals surface area contributed by atoms with E-state index in [1.165, 1.54) is 7.11 Å². The Bertz CT molecular complexity index is 415. The minimum Gasteiger partial charge on any atom is -0.495 e. The Morgan fingerprint density at radius 1 is 1.69 bits per heavy atom. The van der Waals surface area contributed by atoms with Gasteiger partial charge in [-0.05, 0) is 0 Å². The van der Waals surface area contributed by atoms with Gasteiger partial charge in [0.15, 0.2) is 5.69 Å². The smallest absolute Gasteiger partial charge is 0.300 e. The highest BCUT2D eigenvalue weighted by Gasteiger charge is 2.26. The van der Waals surface area contributed by atoms with Crippen LogP contribution in [-0.4, -0.2) is 17.0 Å². The fourth-order valence-corrected chi connectivity index (χ4v) is 1.31. The maximum absolute atomic E-state index is 12.5. The number of ether oxygens (including phenoxy) is 1. The van der Waals surface area contributed by atoms with Gasteiger partial charge in [-0.2, -0.15) is 0 Å². The molecule has 0 aliphatic heterocycles. The number of nitrogens with zero attached hydrogens (tertiary/aromatic N) is 2. The van der Waals surface area contributed by atoms with Crippen LogP contribution < -0.4 is 4.74 Å². The lowest BCUT2D eigenvalue weighted by molar-refractivity contribution is -0.386. The maximum Gasteiger partial charge on any atom is 0.300 e. The van der Waals surface area contributed by atoms with Crippen molar-refractivity contribution in [3.63, 3.8) is 0 Å². The predicted molar refractivity (Wildman–Crippen MR) is 52.0 cm³/mol. The zero-order chi connectivity index (χ0) is 12.3. The molecule has 0 radical (unpaired) electrons. The van der Waals surface area contributed by atoms with E-state index in [9.17, 15) is 18.9 Å². The molecule has 0 fully saturated rings. The third-order valence-electron chi connectivity index (χ3n) is 1.82. The van der Waals surface area contributed by atoms with Crippen LogP contribution in [0.3, 0.4) is 0 Å². The number of halogens is 3. The highest BCUT2D eigenvalue weighted by molar-refractivity contribution is 6.17. The molecular weight excluding hydrogens is 246 g/mol. The van der Waals surface area contributed by atoms with Gasteiger partial charge in [0, 0.05) is 0 Å². The zero-order valence-electron chi connectivity index (χ0n) is 8.11. The summed E-state index contributed by atoms with van der Waals surface area (Å²) >= 11 is 5.46. The summed E-state index contributed by atoms with van der Waals surface area (Å²) < 4.78 is 29.7. The SMILES string of the molecule is COc1cc([N+](=O)[O-])c(C(F)F)nc1CCl. The van der Waals surface area contributed by atoms with Crippen molar-refractivity contribution in [2.45, 2.75) is 12.3 Å². The Morgan fingerprint density at radius 2 is 2.31 bits per heavy atom. The third-order valence-corrected chi connectivity index (χ3v) is 2.07. The van der Waals surface area contributed by atoms with Crippen LogP contribution in [0.5, 0.6) is 5.75 Å². The van der Waals surface area contributed by atoms with Crippen LogP contribution in [0, 0.1) is 10.1 Å². The predicted octanol–water partition coefficient (Wildman–Crippen LogP) is 2.67. The maximum atomic E-state index is 12.5. The van der Waals surface area contributed by atoms with Crippen LogP contribution in [0.15, 0.2) is 6.07 Å². The summed E-state index contributed by atoms with van der Waals surface area (Å²) in [4.78, 5) is 13.0. The van der Waals surface area contributed by atoms with Gasteiger partial charge in [-0.3, -0.25) is 10.1 Å². The number of aromatic nitrogens is 1.